The first-order valence-electron chi connectivity index (χ1n) is 15.4. The Morgan fingerprint density at radius 1 is 1.11 bits per heavy atom. The van der Waals surface area contributed by atoms with Gasteiger partial charge in [-0.2, -0.15) is 5.10 Å². The molecular formula is C34H44ClF2N5O4. The fourth-order valence-corrected chi connectivity index (χ4v) is 6.19. The minimum Gasteiger partial charge on any atom is -0.465 e. The van der Waals surface area contributed by atoms with E-state index in [-0.39, 0.29) is 59.5 Å². The number of hydrogen-bond acceptors (Lipinski definition) is 8. The summed E-state index contributed by atoms with van der Waals surface area (Å²) in [6.07, 6.45) is 0.438. The van der Waals surface area contributed by atoms with Crippen LogP contribution in [0.2, 0.25) is 5.02 Å². The van der Waals surface area contributed by atoms with Crippen LogP contribution in [0.15, 0.2) is 30.3 Å². The third-order valence-corrected chi connectivity index (χ3v) is 8.43. The first kappa shape index (κ1) is 35.3. The fourth-order valence-electron chi connectivity index (χ4n) is 5.99. The van der Waals surface area contributed by atoms with Gasteiger partial charge in [-0.1, -0.05) is 23.7 Å². The van der Waals surface area contributed by atoms with Gasteiger partial charge in [-0.3, -0.25) is 14.4 Å². The Balaban J connectivity index is 1.72. The predicted octanol–water partition coefficient (Wildman–Crippen LogP) is 7.36. The van der Waals surface area contributed by atoms with Gasteiger partial charge in [-0.05, 0) is 86.9 Å². The van der Waals surface area contributed by atoms with Gasteiger partial charge in [0.05, 0.1) is 28.8 Å². The summed E-state index contributed by atoms with van der Waals surface area (Å²) < 4.78 is 43.5. The monoisotopic (exact) mass is 659 g/mol. The summed E-state index contributed by atoms with van der Waals surface area (Å²) in [6.45, 7) is 15.9. The molecule has 2 aromatic heterocycles. The zero-order valence-electron chi connectivity index (χ0n) is 28.1. The average Bonchev–Trinajstić information content (AvgIpc) is 3.33. The molecule has 0 bridgehead atoms. The molecule has 0 saturated carbocycles. The summed E-state index contributed by atoms with van der Waals surface area (Å²) in [5.41, 5.74) is -1.32. The first-order chi connectivity index (χ1) is 21.3. The van der Waals surface area contributed by atoms with Crippen molar-refractivity contribution in [1.29, 1.82) is 0 Å². The molecule has 1 fully saturated rings. The van der Waals surface area contributed by atoms with Gasteiger partial charge in [0.2, 0.25) is 0 Å². The van der Waals surface area contributed by atoms with E-state index in [4.69, 9.17) is 21.1 Å². The maximum Gasteiger partial charge on any atom is 0.341 e. The lowest BCUT2D eigenvalue weighted by Crippen LogP contribution is -2.51. The Morgan fingerprint density at radius 3 is 2.39 bits per heavy atom. The number of aryl methyl sites for hydroxylation is 1. The van der Waals surface area contributed by atoms with Crippen LogP contribution in [-0.2, 0) is 32.8 Å². The van der Waals surface area contributed by atoms with Crippen molar-refractivity contribution in [3.8, 4) is 0 Å². The Hall–Kier alpha value is -3.57. The maximum absolute atomic E-state index is 16.1. The minimum absolute atomic E-state index is 0.0436. The summed E-state index contributed by atoms with van der Waals surface area (Å²) in [5, 5.41) is 7.78. The van der Waals surface area contributed by atoms with Crippen molar-refractivity contribution < 1.29 is 27.8 Å². The molecular weight excluding hydrogens is 616 g/mol. The maximum atomic E-state index is 16.1. The topological polar surface area (TPSA) is 98.6 Å². The predicted molar refractivity (Wildman–Crippen MR) is 173 cm³/mol. The smallest absolute Gasteiger partial charge is 0.341 e. The van der Waals surface area contributed by atoms with Crippen LogP contribution in [0.4, 0.5) is 20.4 Å². The number of ether oxygens (including phenoxy) is 2. The molecule has 1 aromatic carbocycles. The highest BCUT2D eigenvalue weighted by molar-refractivity contribution is 6.30. The summed E-state index contributed by atoms with van der Waals surface area (Å²) >= 11 is 6.02. The van der Waals surface area contributed by atoms with Gasteiger partial charge >= 0.3 is 11.9 Å². The van der Waals surface area contributed by atoms with E-state index in [9.17, 15) is 14.0 Å². The molecule has 9 nitrogen and oxygen atoms in total. The van der Waals surface area contributed by atoms with Crippen LogP contribution in [0.25, 0.3) is 0 Å². The van der Waals surface area contributed by atoms with Crippen LogP contribution in [0.5, 0.6) is 0 Å². The van der Waals surface area contributed by atoms with Crippen molar-refractivity contribution in [3.05, 3.63) is 69.5 Å². The Bertz CT molecular complexity index is 1610. The summed E-state index contributed by atoms with van der Waals surface area (Å²) in [4.78, 5) is 33.3. The number of pyridine rings is 1. The fraction of sp³-hybridized carbons (Fsp3) is 0.529. The molecule has 1 aliphatic heterocycles. The van der Waals surface area contributed by atoms with Gasteiger partial charge in [0, 0.05) is 36.3 Å². The number of nitrogens with one attached hydrogen (secondary N) is 1. The molecule has 0 unspecified atom stereocenters. The second-order valence-corrected chi connectivity index (χ2v) is 14.5. The summed E-state index contributed by atoms with van der Waals surface area (Å²) in [5.74, 6) is -2.07. The third kappa shape index (κ3) is 7.86. The Kier molecular flexibility index (Phi) is 10.2. The van der Waals surface area contributed by atoms with Crippen molar-refractivity contribution in [1.82, 2.24) is 19.7 Å². The van der Waals surface area contributed by atoms with Gasteiger partial charge < -0.3 is 14.8 Å². The molecule has 0 radical (unpaired) electrons. The van der Waals surface area contributed by atoms with Crippen molar-refractivity contribution in [2.75, 3.05) is 19.0 Å². The quantitative estimate of drug-likeness (QED) is 0.251. The molecule has 1 N–H and O–H groups in total. The molecule has 4 rings (SSSR count). The van der Waals surface area contributed by atoms with Crippen molar-refractivity contribution >= 4 is 35.2 Å². The van der Waals surface area contributed by atoms with E-state index in [1.54, 1.807) is 32.9 Å². The average molecular weight is 660 g/mol. The van der Waals surface area contributed by atoms with Crippen molar-refractivity contribution in [2.45, 2.75) is 98.4 Å². The Labute approximate surface area is 274 Å². The number of methoxy groups -OCH3 is 1. The lowest BCUT2D eigenvalue weighted by Gasteiger charge is -2.45. The van der Waals surface area contributed by atoms with E-state index in [0.717, 1.165) is 5.69 Å². The molecule has 1 aliphatic rings. The number of rotatable bonds is 8. The van der Waals surface area contributed by atoms with E-state index < -0.39 is 34.6 Å². The Morgan fingerprint density at radius 2 is 1.80 bits per heavy atom. The molecule has 250 valence electrons. The number of likely N-dealkylation sites (tertiary alicyclic amines) is 1. The number of hydrogen-bond donors (Lipinski definition) is 1. The molecule has 12 heteroatoms. The molecule has 0 spiro atoms. The lowest BCUT2D eigenvalue weighted by atomic mass is 9.71. The number of benzene rings is 1. The molecule has 3 heterocycles. The third-order valence-electron chi connectivity index (χ3n) is 8.14. The highest BCUT2D eigenvalue weighted by atomic mass is 35.5. The second-order valence-electron chi connectivity index (χ2n) is 14.1. The van der Waals surface area contributed by atoms with E-state index in [1.807, 2.05) is 45.4 Å². The molecule has 0 amide bonds. The molecule has 2 atom stereocenters. The molecule has 1 saturated heterocycles. The number of esters is 2. The number of carbonyl (C=O) groups is 2. The van der Waals surface area contributed by atoms with Crippen molar-refractivity contribution in [3.63, 3.8) is 0 Å². The largest absolute Gasteiger partial charge is 0.465 e. The van der Waals surface area contributed by atoms with Crippen LogP contribution < -0.4 is 5.32 Å². The van der Waals surface area contributed by atoms with Crippen LogP contribution in [0, 0.1) is 24.0 Å². The number of aromatic nitrogens is 3. The lowest BCUT2D eigenvalue weighted by molar-refractivity contribution is -0.172. The van der Waals surface area contributed by atoms with Crippen molar-refractivity contribution in [2.24, 2.45) is 5.41 Å². The SMILES string of the molecule is COC(=O)c1cc(Nc2cc(C)n(C(C)(C)C)n2)nc(C[C@@]2(C(=O)OC(C)(C)C)CCN(Cc3cccc(Cl)c3F)[C@H](C)C2)c1F. The van der Waals surface area contributed by atoms with Gasteiger partial charge in [-0.15, -0.1) is 0 Å². The summed E-state index contributed by atoms with van der Waals surface area (Å²) in [6, 6.07) is 7.77. The normalized spacial score (nSPS) is 19.2. The number of anilines is 2. The van der Waals surface area contributed by atoms with E-state index in [2.05, 4.69) is 20.3 Å². The van der Waals surface area contributed by atoms with Crippen LogP contribution in [0.3, 0.4) is 0 Å². The van der Waals surface area contributed by atoms with Crippen LogP contribution in [-0.4, -0.2) is 56.9 Å². The van der Waals surface area contributed by atoms with Gasteiger partial charge in [0.1, 0.15) is 22.8 Å². The minimum atomic E-state index is -1.18. The zero-order valence-corrected chi connectivity index (χ0v) is 28.8. The van der Waals surface area contributed by atoms with E-state index in [0.29, 0.717) is 17.9 Å². The van der Waals surface area contributed by atoms with Crippen LogP contribution in [0.1, 0.15) is 88.6 Å². The highest BCUT2D eigenvalue weighted by Gasteiger charge is 2.47. The number of piperidine rings is 1. The number of carbonyl (C=O) groups excluding carboxylic acids is 2. The van der Waals surface area contributed by atoms with Gasteiger partial charge in [0.15, 0.2) is 11.6 Å². The summed E-state index contributed by atoms with van der Waals surface area (Å²) in [7, 11) is 1.17. The van der Waals surface area contributed by atoms with Gasteiger partial charge in [-0.25, -0.2) is 18.6 Å². The molecule has 3 aromatic rings. The van der Waals surface area contributed by atoms with Gasteiger partial charge in [0.25, 0.3) is 0 Å². The van der Waals surface area contributed by atoms with Crippen LogP contribution >= 0.6 is 11.6 Å². The molecule has 0 aliphatic carbocycles. The number of nitrogens with zero attached hydrogens (tertiary/aromatic N) is 4. The number of halogens is 3. The second kappa shape index (κ2) is 13.3. The standard InChI is InChI=1S/C34H44ClF2N5O4/c1-20-15-27(40-42(20)32(3,4)5)39-26-16-23(30(43)45-9)29(37)25(38-26)18-34(31(44)46-33(6,7)8)13-14-41(21(2)17-34)19-22-11-10-12-24(35)28(22)36/h10-12,15-16,21H,13-14,17-19H2,1-9H3,(H,38,39,40)/t21-,34-/m1/s1. The zero-order chi connectivity index (χ0) is 34.2. The molecule has 46 heavy (non-hydrogen) atoms. The first-order valence-corrected chi connectivity index (χ1v) is 15.7. The van der Waals surface area contributed by atoms with E-state index in [1.165, 1.54) is 19.2 Å². The van der Waals surface area contributed by atoms with E-state index >= 15 is 4.39 Å². The highest BCUT2D eigenvalue weighted by Crippen LogP contribution is 2.42.